The molecule has 5 rings (SSSR count). The molecule has 13 heteroatoms. The summed E-state index contributed by atoms with van der Waals surface area (Å²) in [5, 5.41) is 3.28. The number of aromatic amines is 1. The minimum Gasteiger partial charge on any atom is -0.466 e. The zero-order valence-corrected chi connectivity index (χ0v) is 26.5. The van der Waals surface area contributed by atoms with Gasteiger partial charge in [0.2, 0.25) is 0 Å². The molecule has 5 aromatic rings. The van der Waals surface area contributed by atoms with Gasteiger partial charge < -0.3 is 30.2 Å². The minimum atomic E-state index is -0.768. The summed E-state index contributed by atoms with van der Waals surface area (Å²) in [6, 6.07) is 26.1. The first-order valence-electron chi connectivity index (χ1n) is 15.2. The molecule has 0 aliphatic rings. The SMILES string of the molecule is CCOC(=O)CC(C)N(C(=O)Oc1ccc2nc(CNc3ccc(C(N)=NC(=O)OCc4ccccc4)cc3)[nH]c2c1)c1ccccn1. The first kappa shape index (κ1) is 33.1. The van der Waals surface area contributed by atoms with E-state index in [-0.39, 0.29) is 25.5 Å². The second-order valence-corrected chi connectivity index (χ2v) is 10.6. The van der Waals surface area contributed by atoms with Crippen LogP contribution < -0.4 is 20.7 Å². The van der Waals surface area contributed by atoms with Gasteiger partial charge in [-0.1, -0.05) is 36.4 Å². The van der Waals surface area contributed by atoms with Crippen molar-refractivity contribution in [2.24, 2.45) is 10.7 Å². The van der Waals surface area contributed by atoms with Crippen molar-refractivity contribution in [1.29, 1.82) is 0 Å². The summed E-state index contributed by atoms with van der Waals surface area (Å²) in [4.78, 5) is 54.8. The number of fused-ring (bicyclic) bond motifs is 1. The van der Waals surface area contributed by atoms with Gasteiger partial charge in [0.25, 0.3) is 0 Å². The molecular formula is C35H35N7O6. The molecule has 3 aromatic carbocycles. The fourth-order valence-corrected chi connectivity index (χ4v) is 4.75. The number of carbonyl (C=O) groups excluding carboxylic acids is 3. The van der Waals surface area contributed by atoms with E-state index in [2.05, 4.69) is 25.3 Å². The van der Waals surface area contributed by atoms with Crippen LogP contribution in [0, 0.1) is 0 Å². The van der Waals surface area contributed by atoms with Crippen LogP contribution in [0.25, 0.3) is 11.0 Å². The molecule has 0 radical (unpaired) electrons. The van der Waals surface area contributed by atoms with Crippen molar-refractivity contribution in [3.8, 4) is 5.75 Å². The lowest BCUT2D eigenvalue weighted by Gasteiger charge is -2.26. The number of nitrogens with zero attached hydrogens (tertiary/aromatic N) is 4. The maximum Gasteiger partial charge on any atom is 0.435 e. The number of imidazole rings is 1. The van der Waals surface area contributed by atoms with Crippen molar-refractivity contribution in [3.63, 3.8) is 0 Å². The van der Waals surface area contributed by atoms with Crippen molar-refractivity contribution >= 4 is 46.5 Å². The van der Waals surface area contributed by atoms with Gasteiger partial charge in [-0.25, -0.2) is 19.6 Å². The van der Waals surface area contributed by atoms with Crippen LogP contribution in [0.2, 0.25) is 0 Å². The Hall–Kier alpha value is -6.24. The molecule has 0 saturated heterocycles. The Balaban J connectivity index is 1.18. The third-order valence-electron chi connectivity index (χ3n) is 7.07. The summed E-state index contributed by atoms with van der Waals surface area (Å²) in [7, 11) is 0. The summed E-state index contributed by atoms with van der Waals surface area (Å²) >= 11 is 0. The second kappa shape index (κ2) is 15.9. The monoisotopic (exact) mass is 649 g/mol. The average molecular weight is 650 g/mol. The molecule has 0 spiro atoms. The van der Waals surface area contributed by atoms with Crippen molar-refractivity contribution in [2.75, 3.05) is 16.8 Å². The number of ether oxygens (including phenoxy) is 3. The standard InChI is InChI=1S/C35H35N7O6/c1-3-46-32(43)19-23(2)42(31-11-7-8-18-37-31)35(45)48-27-16-17-28-29(20-27)40-30(39-28)21-38-26-14-12-25(13-15-26)33(36)41-34(44)47-22-24-9-5-4-6-10-24/h4-18,20,23,38H,3,19,21-22H2,1-2H3,(H,39,40)(H2,36,41,44). The Morgan fingerprint density at radius 2 is 1.75 bits per heavy atom. The molecule has 0 fully saturated rings. The lowest BCUT2D eigenvalue weighted by atomic mass is 10.2. The first-order valence-corrected chi connectivity index (χ1v) is 15.2. The van der Waals surface area contributed by atoms with Crippen LogP contribution in [0.5, 0.6) is 5.75 Å². The number of amidine groups is 1. The maximum absolute atomic E-state index is 13.3. The highest BCUT2D eigenvalue weighted by Crippen LogP contribution is 2.23. The smallest absolute Gasteiger partial charge is 0.435 e. The summed E-state index contributed by atoms with van der Waals surface area (Å²) in [6.07, 6.45) is 0.0761. The predicted octanol–water partition coefficient (Wildman–Crippen LogP) is 5.96. The molecular weight excluding hydrogens is 614 g/mol. The Morgan fingerprint density at radius 1 is 0.979 bits per heavy atom. The molecule has 13 nitrogen and oxygen atoms in total. The highest BCUT2D eigenvalue weighted by atomic mass is 16.6. The van der Waals surface area contributed by atoms with E-state index in [1.165, 1.54) is 4.90 Å². The van der Waals surface area contributed by atoms with Crippen LogP contribution >= 0.6 is 0 Å². The molecule has 246 valence electrons. The van der Waals surface area contributed by atoms with Gasteiger partial charge in [-0.15, -0.1) is 0 Å². The molecule has 2 aromatic heterocycles. The number of carbonyl (C=O) groups is 3. The molecule has 2 amide bonds. The third kappa shape index (κ3) is 8.94. The van der Waals surface area contributed by atoms with Gasteiger partial charge in [0.1, 0.15) is 29.8 Å². The van der Waals surface area contributed by atoms with Crippen LogP contribution in [0.4, 0.5) is 21.1 Å². The van der Waals surface area contributed by atoms with Gasteiger partial charge >= 0.3 is 18.2 Å². The van der Waals surface area contributed by atoms with E-state index in [1.54, 1.807) is 68.6 Å². The highest BCUT2D eigenvalue weighted by Gasteiger charge is 2.27. The van der Waals surface area contributed by atoms with Gasteiger partial charge in [0.05, 0.1) is 30.6 Å². The summed E-state index contributed by atoms with van der Waals surface area (Å²) in [5.74, 6) is 0.908. The molecule has 4 N–H and O–H groups in total. The number of anilines is 2. The van der Waals surface area contributed by atoms with Crippen LogP contribution in [0.1, 0.15) is 37.2 Å². The first-order chi connectivity index (χ1) is 23.3. The van der Waals surface area contributed by atoms with Gasteiger partial charge in [0, 0.05) is 29.6 Å². The normalized spacial score (nSPS) is 11.8. The number of benzene rings is 3. The molecule has 0 saturated carbocycles. The molecule has 2 heterocycles. The maximum atomic E-state index is 13.3. The van der Waals surface area contributed by atoms with Gasteiger partial charge in [0.15, 0.2) is 0 Å². The topological polar surface area (TPSA) is 174 Å². The van der Waals surface area contributed by atoms with E-state index in [1.807, 2.05) is 42.5 Å². The van der Waals surface area contributed by atoms with Gasteiger partial charge in [-0.05, 0) is 67.9 Å². The number of nitrogens with one attached hydrogen (secondary N) is 2. The Kier molecular flexibility index (Phi) is 10.9. The minimum absolute atomic E-state index is 0.0248. The van der Waals surface area contributed by atoms with Crippen LogP contribution in [0.15, 0.2) is 102 Å². The van der Waals surface area contributed by atoms with E-state index in [4.69, 9.17) is 19.9 Å². The number of aromatic nitrogens is 3. The van der Waals surface area contributed by atoms with Crippen LogP contribution in [-0.4, -0.2) is 51.6 Å². The van der Waals surface area contributed by atoms with Crippen molar-refractivity contribution in [2.45, 2.75) is 39.5 Å². The molecule has 1 atom stereocenters. The lowest BCUT2D eigenvalue weighted by molar-refractivity contribution is -0.143. The summed E-state index contributed by atoms with van der Waals surface area (Å²) < 4.78 is 15.9. The number of amides is 2. The average Bonchev–Trinajstić information content (AvgIpc) is 3.50. The number of rotatable bonds is 12. The van der Waals surface area contributed by atoms with Crippen LogP contribution in [-0.2, 0) is 27.4 Å². The molecule has 0 aliphatic carbocycles. The summed E-state index contributed by atoms with van der Waals surface area (Å²) in [5.41, 5.74) is 9.58. The van der Waals surface area contributed by atoms with E-state index in [9.17, 15) is 14.4 Å². The van der Waals surface area contributed by atoms with Gasteiger partial charge in [-0.2, -0.15) is 4.99 Å². The predicted molar refractivity (Wildman–Crippen MR) is 181 cm³/mol. The fraction of sp³-hybridized carbons (Fsp3) is 0.200. The number of esters is 1. The third-order valence-corrected chi connectivity index (χ3v) is 7.07. The molecule has 1 unspecified atom stereocenters. The zero-order valence-electron chi connectivity index (χ0n) is 26.5. The van der Waals surface area contributed by atoms with Crippen molar-refractivity contribution in [3.05, 3.63) is 114 Å². The Bertz CT molecular complexity index is 1880. The van der Waals surface area contributed by atoms with E-state index in [0.717, 1.165) is 11.3 Å². The number of H-pyrrole nitrogens is 1. The fourth-order valence-electron chi connectivity index (χ4n) is 4.75. The van der Waals surface area contributed by atoms with Crippen molar-refractivity contribution < 1.29 is 28.6 Å². The molecule has 0 aliphatic heterocycles. The van der Waals surface area contributed by atoms with E-state index >= 15 is 0 Å². The largest absolute Gasteiger partial charge is 0.466 e. The summed E-state index contributed by atoms with van der Waals surface area (Å²) in [6.45, 7) is 4.17. The van der Waals surface area contributed by atoms with E-state index < -0.39 is 24.2 Å². The highest BCUT2D eigenvalue weighted by molar-refractivity contribution is 6.03. The lowest BCUT2D eigenvalue weighted by Crippen LogP contribution is -2.42. The zero-order chi connectivity index (χ0) is 33.9. The quantitative estimate of drug-likeness (QED) is 0.0831. The molecule has 48 heavy (non-hydrogen) atoms. The number of pyridine rings is 1. The number of hydrogen-bond acceptors (Lipinski definition) is 9. The van der Waals surface area contributed by atoms with Crippen LogP contribution in [0.3, 0.4) is 0 Å². The Labute approximate surface area is 276 Å². The number of hydrogen-bond donors (Lipinski definition) is 3. The number of aliphatic imine (C=N–C) groups is 1. The van der Waals surface area contributed by atoms with Crippen molar-refractivity contribution in [1.82, 2.24) is 15.0 Å². The number of nitrogens with two attached hydrogens (primary N) is 1. The molecule has 0 bridgehead atoms. The Morgan fingerprint density at radius 3 is 2.48 bits per heavy atom. The van der Waals surface area contributed by atoms with E-state index in [0.29, 0.717) is 40.5 Å². The second-order valence-electron chi connectivity index (χ2n) is 10.6. The van der Waals surface area contributed by atoms with Gasteiger partial charge in [-0.3, -0.25) is 9.69 Å².